The number of nitrogens with zero attached hydrogens (tertiary/aromatic N) is 3. The summed E-state index contributed by atoms with van der Waals surface area (Å²) in [6.45, 7) is 29.0. The van der Waals surface area contributed by atoms with E-state index in [0.717, 1.165) is 0 Å². The first-order valence-corrected chi connectivity index (χ1v) is 27.7. The van der Waals surface area contributed by atoms with Crippen LogP contribution in [0.4, 0.5) is 41.9 Å². The number of unbranched alkanes of at least 4 members (excludes halogenated alkanes) is 1. The third-order valence-electron chi connectivity index (χ3n) is 11.4. The Hall–Kier alpha value is -7.53. The standard InChI is InChI=1S/C61H85N7O12/c1-16-22-73-50-38-26-40-32-47(65-55(70)78-59(7,8)9)34-42(51(40)74-23-17-2)28-44-36-49(67-57(72)80-61(13,14)15)37-45(53(44)76-25-20-19-21-63-68-62)29-43-35-48(66-56(71)79-60(10,11)12)33-41(52(43)75-24-18-3)27-39(50)31-46(30-38)64-54(69)77-58(4,5)6/h30-37H,16-29H2,1-15H3,(H,64,69)(H,65,70)(H,66,71)(H,67,72). The van der Waals surface area contributed by atoms with Crippen LogP contribution in [0.2, 0.25) is 0 Å². The topological polar surface area (TPSA) is 239 Å². The van der Waals surface area contributed by atoms with Crippen molar-refractivity contribution in [3.63, 3.8) is 0 Å². The zero-order chi connectivity index (χ0) is 59.0. The number of ether oxygens (including phenoxy) is 8. The van der Waals surface area contributed by atoms with Crippen molar-refractivity contribution in [3.05, 3.63) is 103 Å². The lowest BCUT2D eigenvalue weighted by molar-refractivity contribution is 0.0624. The minimum Gasteiger partial charge on any atom is -0.493 e. The third-order valence-corrected chi connectivity index (χ3v) is 11.4. The highest BCUT2D eigenvalue weighted by molar-refractivity contribution is 5.88. The van der Waals surface area contributed by atoms with E-state index in [2.05, 4.69) is 31.3 Å². The van der Waals surface area contributed by atoms with Gasteiger partial charge in [-0.05, 0) is 169 Å². The van der Waals surface area contributed by atoms with E-state index in [1.807, 2.05) is 69.3 Å². The molecule has 0 aliphatic heterocycles. The number of benzene rings is 4. The van der Waals surface area contributed by atoms with Gasteiger partial charge in [0, 0.05) is 104 Å². The molecule has 0 heterocycles. The summed E-state index contributed by atoms with van der Waals surface area (Å²) in [6, 6.07) is 14.7. The van der Waals surface area contributed by atoms with Gasteiger partial charge in [-0.2, -0.15) is 0 Å². The highest BCUT2D eigenvalue weighted by Crippen LogP contribution is 2.43. The van der Waals surface area contributed by atoms with Gasteiger partial charge in [0.25, 0.3) is 0 Å². The monoisotopic (exact) mass is 1110 g/mol. The lowest BCUT2D eigenvalue weighted by Gasteiger charge is -2.26. The van der Waals surface area contributed by atoms with Crippen LogP contribution in [0.3, 0.4) is 0 Å². The van der Waals surface area contributed by atoms with E-state index < -0.39 is 46.8 Å². The molecule has 19 nitrogen and oxygen atoms in total. The lowest BCUT2D eigenvalue weighted by Crippen LogP contribution is -2.27. The number of hydrogen-bond acceptors (Lipinski definition) is 13. The number of carbonyl (C=O) groups excluding carboxylic acids is 4. The predicted molar refractivity (Wildman–Crippen MR) is 313 cm³/mol. The summed E-state index contributed by atoms with van der Waals surface area (Å²) in [5.41, 5.74) is 12.7. The van der Waals surface area contributed by atoms with E-state index in [1.54, 1.807) is 83.1 Å². The van der Waals surface area contributed by atoms with Crippen LogP contribution in [-0.2, 0) is 44.6 Å². The Morgan fingerprint density at radius 1 is 0.412 bits per heavy atom. The van der Waals surface area contributed by atoms with Crippen LogP contribution in [0.1, 0.15) is 180 Å². The number of amides is 4. The molecular weight excluding hydrogens is 1020 g/mol. The quantitative estimate of drug-likeness (QED) is 0.0199. The summed E-state index contributed by atoms with van der Waals surface area (Å²) in [5.74, 6) is 2.12. The number of hydrogen-bond donors (Lipinski definition) is 4. The second kappa shape index (κ2) is 28.1. The first kappa shape index (κ1) is 63.3. The largest absolute Gasteiger partial charge is 0.493 e. The van der Waals surface area contributed by atoms with E-state index in [9.17, 15) is 19.2 Å². The molecule has 0 atom stereocenters. The molecule has 1 aliphatic rings. The average molecular weight is 1110 g/mol. The fourth-order valence-corrected chi connectivity index (χ4v) is 8.72. The van der Waals surface area contributed by atoms with Gasteiger partial charge in [-0.25, -0.2) is 19.2 Å². The van der Waals surface area contributed by atoms with E-state index in [0.29, 0.717) is 142 Å². The summed E-state index contributed by atoms with van der Waals surface area (Å²) in [5, 5.41) is 15.7. The van der Waals surface area contributed by atoms with Crippen LogP contribution in [0.25, 0.3) is 10.4 Å². The van der Waals surface area contributed by atoms with Gasteiger partial charge in [-0.3, -0.25) is 21.3 Å². The number of nitrogens with one attached hydrogen (secondary N) is 4. The van der Waals surface area contributed by atoms with E-state index in [4.69, 9.17) is 43.4 Å². The average Bonchev–Trinajstić information content (AvgIpc) is 3.30. The van der Waals surface area contributed by atoms with E-state index in [-0.39, 0.29) is 38.8 Å². The zero-order valence-corrected chi connectivity index (χ0v) is 49.8. The van der Waals surface area contributed by atoms with Gasteiger partial charge in [0.05, 0.1) is 26.4 Å². The highest BCUT2D eigenvalue weighted by Gasteiger charge is 2.28. The van der Waals surface area contributed by atoms with Crippen molar-refractivity contribution in [2.45, 2.75) is 184 Å². The molecule has 80 heavy (non-hydrogen) atoms. The fourth-order valence-electron chi connectivity index (χ4n) is 8.72. The third kappa shape index (κ3) is 20.6. The molecule has 1 aliphatic carbocycles. The van der Waals surface area contributed by atoms with Gasteiger partial charge < -0.3 is 37.9 Å². The Kier molecular flexibility index (Phi) is 22.2. The van der Waals surface area contributed by atoms with Gasteiger partial charge >= 0.3 is 24.4 Å². The number of rotatable bonds is 19. The molecule has 4 aromatic carbocycles. The number of fused-ring (bicyclic) bond motifs is 8. The van der Waals surface area contributed by atoms with Gasteiger partial charge in [-0.1, -0.05) is 25.9 Å². The molecule has 0 saturated carbocycles. The molecule has 0 aromatic heterocycles. The molecule has 0 unspecified atom stereocenters. The number of anilines is 4. The SMILES string of the molecule is CCCOc1c2cc(NC(=O)OC(C)(C)C)cc1Cc1cc(NC(=O)OC(C)(C)C)cc(c1OCCC)Cc1cc(NC(=O)OC(C)(C)C)cc(c1OCCCCN=[N+]=[N-])Cc1cc(NC(=O)OC(C)(C)C)cc(c1OCCC)C2. The molecule has 436 valence electrons. The summed E-state index contributed by atoms with van der Waals surface area (Å²) >= 11 is 0. The highest BCUT2D eigenvalue weighted by atomic mass is 16.6. The maximum absolute atomic E-state index is 13.7. The Morgan fingerprint density at radius 2 is 0.637 bits per heavy atom. The second-order valence-electron chi connectivity index (χ2n) is 23.8. The molecule has 0 radical (unpaired) electrons. The van der Waals surface area contributed by atoms with Gasteiger partial charge in [0.1, 0.15) is 45.4 Å². The Labute approximate surface area is 472 Å². The van der Waals surface area contributed by atoms with Crippen molar-refractivity contribution in [1.29, 1.82) is 0 Å². The van der Waals surface area contributed by atoms with Crippen molar-refractivity contribution in [1.82, 2.24) is 0 Å². The smallest absolute Gasteiger partial charge is 0.412 e. The van der Waals surface area contributed by atoms with Crippen molar-refractivity contribution >= 4 is 47.1 Å². The Balaban J connectivity index is 1.99. The molecule has 4 N–H and O–H groups in total. The second-order valence-corrected chi connectivity index (χ2v) is 23.8. The van der Waals surface area contributed by atoms with Crippen LogP contribution >= 0.6 is 0 Å². The lowest BCUT2D eigenvalue weighted by atomic mass is 9.90. The van der Waals surface area contributed by atoms with Gasteiger partial charge in [-0.15, -0.1) is 0 Å². The summed E-state index contributed by atoms with van der Waals surface area (Å²) in [6.07, 6.45) is 1.00. The molecular formula is C61H85N7O12. The maximum Gasteiger partial charge on any atom is 0.412 e. The van der Waals surface area contributed by atoms with Crippen LogP contribution in [0.5, 0.6) is 23.0 Å². The molecule has 4 amide bonds. The summed E-state index contributed by atoms with van der Waals surface area (Å²) in [7, 11) is 0. The van der Waals surface area contributed by atoms with Gasteiger partial charge in [0.15, 0.2) is 0 Å². The van der Waals surface area contributed by atoms with Crippen LogP contribution in [0, 0.1) is 0 Å². The first-order chi connectivity index (χ1) is 37.5. The fraction of sp³-hybridized carbons (Fsp3) is 0.541. The molecule has 5 rings (SSSR count). The molecule has 0 spiro atoms. The molecule has 19 heteroatoms. The number of carbonyl (C=O) groups is 4. The van der Waals surface area contributed by atoms with Gasteiger partial charge in [0.2, 0.25) is 0 Å². The summed E-state index contributed by atoms with van der Waals surface area (Å²) in [4.78, 5) is 57.7. The van der Waals surface area contributed by atoms with Crippen LogP contribution in [0.15, 0.2) is 53.6 Å². The maximum atomic E-state index is 13.7. The van der Waals surface area contributed by atoms with Crippen LogP contribution < -0.4 is 40.2 Å². The Bertz CT molecular complexity index is 2730. The van der Waals surface area contributed by atoms with Crippen molar-refractivity contribution in [2.24, 2.45) is 5.11 Å². The minimum atomic E-state index is -0.821. The normalized spacial score (nSPS) is 12.4. The molecule has 4 aromatic rings. The van der Waals surface area contributed by atoms with E-state index >= 15 is 0 Å². The molecule has 0 fully saturated rings. The van der Waals surface area contributed by atoms with Crippen molar-refractivity contribution in [2.75, 3.05) is 54.2 Å². The van der Waals surface area contributed by atoms with E-state index in [1.165, 1.54) is 0 Å². The summed E-state index contributed by atoms with van der Waals surface area (Å²) < 4.78 is 50.4. The zero-order valence-electron chi connectivity index (χ0n) is 49.8. The first-order valence-electron chi connectivity index (χ1n) is 27.7. The molecule has 8 bridgehead atoms. The van der Waals surface area contributed by atoms with Crippen molar-refractivity contribution < 1.29 is 57.1 Å². The predicted octanol–water partition coefficient (Wildman–Crippen LogP) is 15.6. The van der Waals surface area contributed by atoms with Crippen molar-refractivity contribution in [3.8, 4) is 23.0 Å². The Morgan fingerprint density at radius 3 is 0.838 bits per heavy atom. The number of azide groups is 1. The minimum absolute atomic E-state index is 0.135. The van der Waals surface area contributed by atoms with Crippen LogP contribution in [-0.4, -0.2) is 79.7 Å². The molecule has 0 saturated heterocycles.